The molecule has 21 heavy (non-hydrogen) atoms. The molecule has 0 spiro atoms. The lowest BCUT2D eigenvalue weighted by atomic mass is 10.2. The van der Waals surface area contributed by atoms with Gasteiger partial charge in [-0.15, -0.1) is 0 Å². The molecule has 0 aliphatic rings. The summed E-state index contributed by atoms with van der Waals surface area (Å²) in [6.45, 7) is -0.282. The number of nitrogens with two attached hydrogens (primary N) is 2. The van der Waals surface area contributed by atoms with Crippen LogP contribution in [-0.2, 0) is 11.3 Å². The number of carbonyl (C=O) groups is 1. The zero-order valence-corrected chi connectivity index (χ0v) is 11.0. The van der Waals surface area contributed by atoms with Crippen molar-refractivity contribution >= 4 is 17.9 Å². The number of nitrogens with zero attached hydrogens (tertiary/aromatic N) is 3. The van der Waals surface area contributed by atoms with E-state index in [4.69, 9.17) is 20.9 Å². The molecule has 0 radical (unpaired) electrons. The first-order chi connectivity index (χ1) is 9.99. The van der Waals surface area contributed by atoms with Gasteiger partial charge in [0, 0.05) is 0 Å². The summed E-state index contributed by atoms with van der Waals surface area (Å²) in [5, 5.41) is 0. The molecule has 0 saturated heterocycles. The normalized spacial score (nSPS) is 10.2. The van der Waals surface area contributed by atoms with Crippen LogP contribution in [0.5, 0.6) is 5.75 Å². The Kier molecular flexibility index (Phi) is 4.12. The fourth-order valence-electron chi connectivity index (χ4n) is 1.57. The van der Waals surface area contributed by atoms with E-state index in [1.165, 1.54) is 19.2 Å². The van der Waals surface area contributed by atoms with Crippen LogP contribution in [0, 0.1) is 5.82 Å². The van der Waals surface area contributed by atoms with Crippen LogP contribution in [0.3, 0.4) is 0 Å². The van der Waals surface area contributed by atoms with E-state index < -0.39 is 11.8 Å². The second kappa shape index (κ2) is 5.99. The van der Waals surface area contributed by atoms with Crippen LogP contribution >= 0.6 is 0 Å². The molecule has 2 rings (SSSR count). The maximum Gasteiger partial charge on any atom is 0.342 e. The summed E-state index contributed by atoms with van der Waals surface area (Å²) in [6.07, 6.45) is 0. The Morgan fingerprint density at radius 2 is 1.90 bits per heavy atom. The Morgan fingerprint density at radius 3 is 2.52 bits per heavy atom. The van der Waals surface area contributed by atoms with Gasteiger partial charge in [0.25, 0.3) is 0 Å². The van der Waals surface area contributed by atoms with Crippen molar-refractivity contribution in [3.05, 3.63) is 35.4 Å². The maximum atomic E-state index is 13.2. The highest BCUT2D eigenvalue weighted by molar-refractivity contribution is 5.92. The number of aromatic nitrogens is 3. The first-order valence-electron chi connectivity index (χ1n) is 5.76. The highest BCUT2D eigenvalue weighted by atomic mass is 19.1. The molecular weight excluding hydrogens is 281 g/mol. The van der Waals surface area contributed by atoms with E-state index in [1.807, 2.05) is 0 Å². The van der Waals surface area contributed by atoms with Crippen LogP contribution in [0.15, 0.2) is 18.2 Å². The van der Waals surface area contributed by atoms with E-state index in [0.29, 0.717) is 0 Å². The number of rotatable bonds is 4. The molecule has 2 aromatic rings. The van der Waals surface area contributed by atoms with Gasteiger partial charge in [0.2, 0.25) is 11.9 Å². The number of halogens is 1. The third kappa shape index (κ3) is 3.53. The van der Waals surface area contributed by atoms with Crippen molar-refractivity contribution in [2.75, 3.05) is 18.6 Å². The van der Waals surface area contributed by atoms with Gasteiger partial charge in [-0.05, 0) is 18.2 Å². The Bertz CT molecular complexity index is 660. The SMILES string of the molecule is COc1ccc(F)cc1C(=O)OCc1nc(N)nc(N)n1. The van der Waals surface area contributed by atoms with E-state index in [2.05, 4.69) is 15.0 Å². The van der Waals surface area contributed by atoms with E-state index in [-0.39, 0.29) is 35.6 Å². The molecule has 110 valence electrons. The van der Waals surface area contributed by atoms with Gasteiger partial charge in [0.15, 0.2) is 12.4 Å². The van der Waals surface area contributed by atoms with Gasteiger partial charge in [-0.3, -0.25) is 0 Å². The van der Waals surface area contributed by atoms with Crippen molar-refractivity contribution in [3.63, 3.8) is 0 Å². The Hall–Kier alpha value is -2.97. The molecule has 0 aliphatic heterocycles. The molecule has 0 fully saturated rings. The third-order valence-electron chi connectivity index (χ3n) is 2.43. The molecule has 4 N–H and O–H groups in total. The van der Waals surface area contributed by atoms with Crippen LogP contribution < -0.4 is 16.2 Å². The average Bonchev–Trinajstić information content (AvgIpc) is 2.43. The number of ether oxygens (including phenoxy) is 2. The van der Waals surface area contributed by atoms with Gasteiger partial charge >= 0.3 is 5.97 Å². The molecule has 0 amide bonds. The predicted octanol–water partition coefficient (Wildman–Crippen LogP) is 0.541. The van der Waals surface area contributed by atoms with Crippen molar-refractivity contribution in [2.45, 2.75) is 6.61 Å². The van der Waals surface area contributed by atoms with Crippen molar-refractivity contribution in [3.8, 4) is 5.75 Å². The molecular formula is C12H12FN5O3. The van der Waals surface area contributed by atoms with Crippen molar-refractivity contribution in [2.24, 2.45) is 0 Å². The van der Waals surface area contributed by atoms with E-state index in [0.717, 1.165) is 6.07 Å². The quantitative estimate of drug-likeness (QED) is 0.782. The smallest absolute Gasteiger partial charge is 0.342 e. The Labute approximate surface area is 118 Å². The second-order valence-corrected chi connectivity index (χ2v) is 3.89. The van der Waals surface area contributed by atoms with Crippen LogP contribution in [-0.4, -0.2) is 28.0 Å². The minimum absolute atomic E-state index is 0.0486. The molecule has 1 aromatic heterocycles. The number of nitrogen functional groups attached to an aromatic ring is 2. The molecule has 0 bridgehead atoms. The van der Waals surface area contributed by atoms with Gasteiger partial charge in [-0.1, -0.05) is 0 Å². The summed E-state index contributed by atoms with van der Waals surface area (Å²) >= 11 is 0. The van der Waals surface area contributed by atoms with E-state index in [9.17, 15) is 9.18 Å². The lowest BCUT2D eigenvalue weighted by Gasteiger charge is -2.08. The zero-order chi connectivity index (χ0) is 15.4. The Balaban J connectivity index is 2.13. The van der Waals surface area contributed by atoms with Crippen LogP contribution in [0.1, 0.15) is 16.2 Å². The standard InChI is InChI=1S/C12H12FN5O3/c1-20-8-3-2-6(13)4-7(8)10(19)21-5-9-16-11(14)18-12(15)17-9/h2-4H,5H2,1H3,(H4,14,15,16,17,18). The number of methoxy groups -OCH3 is 1. The minimum Gasteiger partial charge on any atom is -0.496 e. The van der Waals surface area contributed by atoms with Gasteiger partial charge in [0.05, 0.1) is 7.11 Å². The van der Waals surface area contributed by atoms with Crippen LogP contribution in [0.25, 0.3) is 0 Å². The average molecular weight is 293 g/mol. The molecule has 8 nitrogen and oxygen atoms in total. The Morgan fingerprint density at radius 1 is 1.24 bits per heavy atom. The first kappa shape index (κ1) is 14.4. The molecule has 1 heterocycles. The molecule has 9 heteroatoms. The highest BCUT2D eigenvalue weighted by Gasteiger charge is 2.16. The lowest BCUT2D eigenvalue weighted by Crippen LogP contribution is -2.12. The van der Waals surface area contributed by atoms with Crippen molar-refractivity contribution < 1.29 is 18.7 Å². The lowest BCUT2D eigenvalue weighted by molar-refractivity contribution is 0.0458. The number of hydrogen-bond donors (Lipinski definition) is 2. The largest absolute Gasteiger partial charge is 0.496 e. The summed E-state index contributed by atoms with van der Waals surface area (Å²) < 4.78 is 23.1. The van der Waals surface area contributed by atoms with Crippen molar-refractivity contribution in [1.82, 2.24) is 15.0 Å². The fraction of sp³-hybridized carbons (Fsp3) is 0.167. The summed E-state index contributed by atoms with van der Waals surface area (Å²) in [4.78, 5) is 23.0. The van der Waals surface area contributed by atoms with Gasteiger partial charge in [-0.2, -0.15) is 15.0 Å². The van der Waals surface area contributed by atoms with E-state index >= 15 is 0 Å². The number of anilines is 2. The third-order valence-corrected chi connectivity index (χ3v) is 2.43. The number of carbonyl (C=O) groups excluding carboxylic acids is 1. The predicted molar refractivity (Wildman–Crippen MR) is 70.7 cm³/mol. The first-order valence-corrected chi connectivity index (χ1v) is 5.76. The number of hydrogen-bond acceptors (Lipinski definition) is 8. The topological polar surface area (TPSA) is 126 Å². The molecule has 0 saturated carbocycles. The van der Waals surface area contributed by atoms with Crippen LogP contribution in [0.4, 0.5) is 16.3 Å². The highest BCUT2D eigenvalue weighted by Crippen LogP contribution is 2.20. The second-order valence-electron chi connectivity index (χ2n) is 3.89. The minimum atomic E-state index is -0.788. The molecule has 0 unspecified atom stereocenters. The maximum absolute atomic E-state index is 13.2. The molecule has 0 aliphatic carbocycles. The van der Waals surface area contributed by atoms with Gasteiger partial charge in [-0.25, -0.2) is 9.18 Å². The molecule has 0 atom stereocenters. The monoisotopic (exact) mass is 293 g/mol. The summed E-state index contributed by atoms with van der Waals surface area (Å²) in [5.41, 5.74) is 10.7. The van der Waals surface area contributed by atoms with Crippen LogP contribution in [0.2, 0.25) is 0 Å². The van der Waals surface area contributed by atoms with Gasteiger partial charge in [0.1, 0.15) is 17.1 Å². The number of benzene rings is 1. The summed E-state index contributed by atoms with van der Waals surface area (Å²) in [6, 6.07) is 3.51. The summed E-state index contributed by atoms with van der Waals surface area (Å²) in [7, 11) is 1.36. The van der Waals surface area contributed by atoms with E-state index in [1.54, 1.807) is 0 Å². The van der Waals surface area contributed by atoms with Gasteiger partial charge < -0.3 is 20.9 Å². The van der Waals surface area contributed by atoms with Crippen molar-refractivity contribution in [1.29, 1.82) is 0 Å². The zero-order valence-electron chi connectivity index (χ0n) is 11.0. The number of esters is 1. The molecule has 1 aromatic carbocycles. The summed E-state index contributed by atoms with van der Waals surface area (Å²) in [5.74, 6) is -1.27. The fourth-order valence-corrected chi connectivity index (χ4v) is 1.57.